The maximum atomic E-state index is 13.0. The van der Waals surface area contributed by atoms with Gasteiger partial charge in [0.05, 0.1) is 5.39 Å². The lowest BCUT2D eigenvalue weighted by Crippen LogP contribution is -2.49. The van der Waals surface area contributed by atoms with Gasteiger partial charge in [0.2, 0.25) is 0 Å². The Kier molecular flexibility index (Phi) is 6.12. The smallest absolute Gasteiger partial charge is 0.253 e. The third kappa shape index (κ3) is 4.25. The van der Waals surface area contributed by atoms with Crippen LogP contribution in [0.25, 0.3) is 10.2 Å². The van der Waals surface area contributed by atoms with Gasteiger partial charge in [0, 0.05) is 42.5 Å². The average molecular weight is 463 g/mol. The molecule has 5 rings (SSSR count). The molecule has 0 unspecified atom stereocenters. The van der Waals surface area contributed by atoms with E-state index in [2.05, 4.69) is 25.7 Å². The van der Waals surface area contributed by atoms with E-state index in [1.54, 1.807) is 0 Å². The molecule has 6 heteroatoms. The van der Waals surface area contributed by atoms with Crippen LogP contribution in [-0.4, -0.2) is 47.0 Å². The van der Waals surface area contributed by atoms with E-state index in [-0.39, 0.29) is 5.91 Å². The number of carbonyl (C=O) groups excluding carboxylic acids is 1. The third-order valence-corrected chi connectivity index (χ3v) is 8.52. The summed E-state index contributed by atoms with van der Waals surface area (Å²) in [5.74, 6) is 3.28. The van der Waals surface area contributed by atoms with E-state index in [4.69, 9.17) is 9.97 Å². The molecule has 2 aromatic heterocycles. The van der Waals surface area contributed by atoms with Crippen LogP contribution in [-0.2, 0) is 12.8 Å². The number of carbonyl (C=O) groups is 1. The molecule has 1 aliphatic heterocycles. The van der Waals surface area contributed by atoms with Crippen LogP contribution in [0.4, 0.5) is 5.82 Å². The molecule has 0 spiro atoms. The molecule has 1 fully saturated rings. The molecule has 174 valence electrons. The fraction of sp³-hybridized carbons (Fsp3) is 0.519. The topological polar surface area (TPSA) is 49.3 Å². The van der Waals surface area contributed by atoms with E-state index in [1.807, 2.05) is 47.4 Å². The molecular formula is C27H34N4OS. The van der Waals surface area contributed by atoms with Gasteiger partial charge in [-0.1, -0.05) is 38.5 Å². The highest BCUT2D eigenvalue weighted by Gasteiger charge is 2.29. The molecule has 5 nitrogen and oxygen atoms in total. The summed E-state index contributed by atoms with van der Waals surface area (Å²) in [6, 6.07) is 7.90. The van der Waals surface area contributed by atoms with E-state index in [0.29, 0.717) is 5.92 Å². The van der Waals surface area contributed by atoms with Gasteiger partial charge in [-0.05, 0) is 56.2 Å². The van der Waals surface area contributed by atoms with Gasteiger partial charge < -0.3 is 9.80 Å². The largest absolute Gasteiger partial charge is 0.352 e. The quantitative estimate of drug-likeness (QED) is 0.506. The summed E-state index contributed by atoms with van der Waals surface area (Å²) in [5, 5.41) is 1.28. The number of benzene rings is 1. The molecule has 1 saturated heterocycles. The SMILES string of the molecule is CC[C@@H](C)c1nc(N2CCN(C(=O)c3ccc(C)cc3)CC2)c2c3c(sc2n1)C[C@@H](C)CC3. The van der Waals surface area contributed by atoms with Crippen LogP contribution in [0.3, 0.4) is 0 Å². The van der Waals surface area contributed by atoms with Crippen molar-refractivity contribution in [1.29, 1.82) is 0 Å². The number of rotatable bonds is 4. The lowest BCUT2D eigenvalue weighted by Gasteiger charge is -2.36. The number of aromatic nitrogens is 2. The average Bonchev–Trinajstić information content (AvgIpc) is 3.20. The number of anilines is 1. The second-order valence-electron chi connectivity index (χ2n) is 9.89. The zero-order valence-electron chi connectivity index (χ0n) is 20.2. The number of fused-ring (bicyclic) bond motifs is 3. The van der Waals surface area contributed by atoms with Gasteiger partial charge in [-0.3, -0.25) is 4.79 Å². The van der Waals surface area contributed by atoms with Crippen LogP contribution in [0.5, 0.6) is 0 Å². The Morgan fingerprint density at radius 2 is 1.88 bits per heavy atom. The van der Waals surface area contributed by atoms with Gasteiger partial charge >= 0.3 is 0 Å². The third-order valence-electron chi connectivity index (χ3n) is 7.37. The second kappa shape index (κ2) is 9.05. The Bertz CT molecular complexity index is 1160. The van der Waals surface area contributed by atoms with Gasteiger partial charge in [-0.15, -0.1) is 11.3 Å². The molecule has 1 aromatic carbocycles. The van der Waals surface area contributed by atoms with Crippen molar-refractivity contribution in [3.8, 4) is 0 Å². The highest BCUT2D eigenvalue weighted by molar-refractivity contribution is 7.19. The van der Waals surface area contributed by atoms with Crippen LogP contribution in [0.2, 0.25) is 0 Å². The first-order chi connectivity index (χ1) is 15.9. The first kappa shape index (κ1) is 22.3. The summed E-state index contributed by atoms with van der Waals surface area (Å²) in [6.07, 6.45) is 4.56. The number of piperazine rings is 1. The lowest BCUT2D eigenvalue weighted by atomic mass is 9.89. The Balaban J connectivity index is 1.44. The minimum atomic E-state index is 0.129. The standard InChI is InChI=1S/C27H34N4OS/c1-5-19(4)24-28-25(23-21-11-8-18(3)16-22(21)33-26(23)29-24)30-12-14-31(15-13-30)27(32)20-9-6-17(2)7-10-20/h6-7,9-10,18-19H,5,8,11-16H2,1-4H3/t18-,19+/m0/s1. The van der Waals surface area contributed by atoms with E-state index >= 15 is 0 Å². The zero-order chi connectivity index (χ0) is 23.1. The van der Waals surface area contributed by atoms with Crippen molar-refractivity contribution in [2.75, 3.05) is 31.1 Å². The summed E-state index contributed by atoms with van der Waals surface area (Å²) >= 11 is 1.89. The summed E-state index contributed by atoms with van der Waals surface area (Å²) in [6.45, 7) is 11.9. The Hall–Kier alpha value is -2.47. The van der Waals surface area contributed by atoms with Crippen LogP contribution >= 0.6 is 11.3 Å². The predicted octanol–water partition coefficient (Wildman–Crippen LogP) is 5.60. The zero-order valence-corrected chi connectivity index (χ0v) is 21.0. The van der Waals surface area contributed by atoms with Crippen molar-refractivity contribution in [3.63, 3.8) is 0 Å². The van der Waals surface area contributed by atoms with Crippen LogP contribution in [0, 0.1) is 12.8 Å². The molecule has 33 heavy (non-hydrogen) atoms. The Labute approximate surface area is 200 Å². The Morgan fingerprint density at radius 1 is 1.15 bits per heavy atom. The van der Waals surface area contributed by atoms with Gasteiger partial charge in [0.1, 0.15) is 16.5 Å². The van der Waals surface area contributed by atoms with Crippen molar-refractivity contribution < 1.29 is 4.79 Å². The number of amides is 1. The predicted molar refractivity (Wildman–Crippen MR) is 137 cm³/mol. The highest BCUT2D eigenvalue weighted by atomic mass is 32.1. The van der Waals surface area contributed by atoms with Gasteiger partial charge in [-0.25, -0.2) is 9.97 Å². The molecule has 2 aliphatic rings. The summed E-state index contributed by atoms with van der Waals surface area (Å²) in [5.41, 5.74) is 3.44. The van der Waals surface area contributed by atoms with Gasteiger partial charge in [0.15, 0.2) is 0 Å². The number of nitrogens with zero attached hydrogens (tertiary/aromatic N) is 4. The molecule has 3 heterocycles. The summed E-state index contributed by atoms with van der Waals surface area (Å²) in [4.78, 5) is 30.3. The van der Waals surface area contributed by atoms with Crippen molar-refractivity contribution in [1.82, 2.24) is 14.9 Å². The van der Waals surface area contributed by atoms with Gasteiger partial charge in [0.25, 0.3) is 5.91 Å². The number of hydrogen-bond acceptors (Lipinski definition) is 5. The fourth-order valence-electron chi connectivity index (χ4n) is 4.97. The fourth-order valence-corrected chi connectivity index (χ4v) is 6.36. The van der Waals surface area contributed by atoms with Crippen molar-refractivity contribution in [2.45, 2.75) is 59.3 Å². The highest BCUT2D eigenvalue weighted by Crippen LogP contribution is 2.42. The minimum Gasteiger partial charge on any atom is -0.352 e. The van der Waals surface area contributed by atoms with E-state index in [0.717, 1.165) is 73.4 Å². The molecule has 0 saturated carbocycles. The van der Waals surface area contributed by atoms with E-state index in [1.165, 1.54) is 27.8 Å². The van der Waals surface area contributed by atoms with Crippen LogP contribution in [0.15, 0.2) is 24.3 Å². The van der Waals surface area contributed by atoms with Gasteiger partial charge in [-0.2, -0.15) is 0 Å². The van der Waals surface area contributed by atoms with E-state index in [9.17, 15) is 4.79 Å². The maximum absolute atomic E-state index is 13.0. The molecule has 3 aromatic rings. The van der Waals surface area contributed by atoms with Crippen LogP contribution < -0.4 is 4.90 Å². The first-order valence-electron chi connectivity index (χ1n) is 12.4. The summed E-state index contributed by atoms with van der Waals surface area (Å²) in [7, 11) is 0. The van der Waals surface area contributed by atoms with Crippen molar-refractivity contribution >= 4 is 33.3 Å². The molecule has 1 aliphatic carbocycles. The summed E-state index contributed by atoms with van der Waals surface area (Å²) < 4.78 is 0. The van der Waals surface area contributed by atoms with Crippen molar-refractivity contribution in [3.05, 3.63) is 51.7 Å². The number of aryl methyl sites for hydroxylation is 2. The minimum absolute atomic E-state index is 0.129. The maximum Gasteiger partial charge on any atom is 0.253 e. The normalized spacial score (nSPS) is 19.6. The molecule has 0 radical (unpaired) electrons. The van der Waals surface area contributed by atoms with E-state index < -0.39 is 0 Å². The second-order valence-corrected chi connectivity index (χ2v) is 11.0. The molecule has 1 amide bonds. The lowest BCUT2D eigenvalue weighted by molar-refractivity contribution is 0.0746. The number of thiophene rings is 1. The molecule has 2 atom stereocenters. The first-order valence-corrected chi connectivity index (χ1v) is 13.2. The van der Waals surface area contributed by atoms with Crippen LogP contribution in [0.1, 0.15) is 71.7 Å². The Morgan fingerprint density at radius 3 is 2.58 bits per heavy atom. The monoisotopic (exact) mass is 462 g/mol. The van der Waals surface area contributed by atoms with Crippen molar-refractivity contribution in [2.24, 2.45) is 5.92 Å². The molecule has 0 N–H and O–H groups in total. The molecule has 0 bridgehead atoms. The molecular weight excluding hydrogens is 428 g/mol. The number of hydrogen-bond donors (Lipinski definition) is 0.